The van der Waals surface area contributed by atoms with Gasteiger partial charge in [0.15, 0.2) is 0 Å². The summed E-state index contributed by atoms with van der Waals surface area (Å²) >= 11 is 0. The van der Waals surface area contributed by atoms with Crippen molar-refractivity contribution in [3.63, 3.8) is 0 Å². The first-order valence-electron chi connectivity index (χ1n) is 3.60. The highest BCUT2D eigenvalue weighted by atomic mass is 16.5. The fourth-order valence-corrected chi connectivity index (χ4v) is 0.506. The topological polar surface area (TPSA) is 52.6 Å². The number of hydrogen-bond acceptors (Lipinski definition) is 4. The van der Waals surface area contributed by atoms with Crippen LogP contribution in [0.1, 0.15) is 12.8 Å². The summed E-state index contributed by atoms with van der Waals surface area (Å²) in [6, 6.07) is 0. The number of hydrogen-bond donors (Lipinski definition) is 0. The van der Waals surface area contributed by atoms with Crippen LogP contribution in [0.4, 0.5) is 0 Å². The van der Waals surface area contributed by atoms with E-state index >= 15 is 0 Å². The Labute approximate surface area is 71.8 Å². The van der Waals surface area contributed by atoms with Crippen molar-refractivity contribution < 1.29 is 19.1 Å². The van der Waals surface area contributed by atoms with Crippen LogP contribution in [0.25, 0.3) is 0 Å². The van der Waals surface area contributed by atoms with E-state index in [-0.39, 0.29) is 26.1 Å². The molecule has 0 bridgehead atoms. The summed E-state index contributed by atoms with van der Waals surface area (Å²) in [5, 5.41) is 0. The second-order valence-corrected chi connectivity index (χ2v) is 1.94. The van der Waals surface area contributed by atoms with E-state index in [9.17, 15) is 9.59 Å². The molecule has 0 aliphatic carbocycles. The molecule has 0 fully saturated rings. The predicted molar refractivity (Wildman–Crippen MR) is 41.9 cm³/mol. The van der Waals surface area contributed by atoms with Gasteiger partial charge in [-0.3, -0.25) is 9.59 Å². The average molecular weight is 172 g/mol. The lowest BCUT2D eigenvalue weighted by Crippen LogP contribution is -2.11. The van der Waals surface area contributed by atoms with Gasteiger partial charge in [0.25, 0.3) is 0 Å². The molecule has 2 radical (unpaired) electrons. The van der Waals surface area contributed by atoms with Gasteiger partial charge in [-0.05, 0) is 13.8 Å². The highest BCUT2D eigenvalue weighted by Gasteiger charge is 2.03. The highest BCUT2D eigenvalue weighted by molar-refractivity contribution is 5.72. The molecule has 0 N–H and O–H groups in total. The standard InChI is InChI=1S/C8H12O4/c1-3-7(9)12-6-5-8(10)11-4-2/h1-6H2. The van der Waals surface area contributed by atoms with Gasteiger partial charge in [0.2, 0.25) is 0 Å². The maximum absolute atomic E-state index is 10.6. The molecule has 0 aliphatic rings. The summed E-state index contributed by atoms with van der Waals surface area (Å²) in [6.45, 7) is 6.79. The van der Waals surface area contributed by atoms with Gasteiger partial charge in [-0.2, -0.15) is 0 Å². The van der Waals surface area contributed by atoms with Crippen molar-refractivity contribution in [3.8, 4) is 0 Å². The van der Waals surface area contributed by atoms with Crippen LogP contribution < -0.4 is 0 Å². The Kier molecular flexibility index (Phi) is 6.05. The third-order valence-electron chi connectivity index (χ3n) is 1.04. The average Bonchev–Trinajstić information content (AvgIpc) is 2.04. The summed E-state index contributed by atoms with van der Waals surface area (Å²) in [5.74, 6) is -0.834. The number of carbonyl (C=O) groups is 2. The Balaban J connectivity index is 3.30. The van der Waals surface area contributed by atoms with Crippen molar-refractivity contribution in [1.29, 1.82) is 0 Å². The molecule has 0 aromatic carbocycles. The first kappa shape index (κ1) is 10.9. The SMILES string of the molecule is [CH2]COC(=O)CCOC(=O)C[CH2]. The minimum Gasteiger partial charge on any atom is -0.466 e. The number of esters is 2. The van der Waals surface area contributed by atoms with Gasteiger partial charge in [0.1, 0.15) is 6.61 Å². The van der Waals surface area contributed by atoms with E-state index in [2.05, 4.69) is 23.3 Å². The van der Waals surface area contributed by atoms with Gasteiger partial charge in [0, 0.05) is 6.42 Å². The molecule has 0 heterocycles. The monoisotopic (exact) mass is 172 g/mol. The van der Waals surface area contributed by atoms with E-state index in [1.54, 1.807) is 0 Å². The number of carbonyl (C=O) groups excluding carboxylic acids is 2. The van der Waals surface area contributed by atoms with Gasteiger partial charge >= 0.3 is 11.9 Å². The van der Waals surface area contributed by atoms with Gasteiger partial charge in [-0.15, -0.1) is 0 Å². The van der Waals surface area contributed by atoms with Gasteiger partial charge in [-0.25, -0.2) is 0 Å². The fourth-order valence-electron chi connectivity index (χ4n) is 0.506. The molecule has 0 aromatic rings. The van der Waals surface area contributed by atoms with E-state index in [1.807, 2.05) is 0 Å². The summed E-state index contributed by atoms with van der Waals surface area (Å²) in [5.41, 5.74) is 0. The van der Waals surface area contributed by atoms with Crippen LogP contribution in [0.15, 0.2) is 0 Å². The first-order valence-corrected chi connectivity index (χ1v) is 3.60. The van der Waals surface area contributed by atoms with Crippen LogP contribution in [0.2, 0.25) is 0 Å². The van der Waals surface area contributed by atoms with Gasteiger partial charge in [-0.1, -0.05) is 0 Å². The van der Waals surface area contributed by atoms with Crippen molar-refractivity contribution in [2.75, 3.05) is 13.2 Å². The molecular weight excluding hydrogens is 160 g/mol. The molecule has 0 saturated heterocycles. The molecule has 0 amide bonds. The van der Waals surface area contributed by atoms with E-state index in [4.69, 9.17) is 0 Å². The molecule has 4 nitrogen and oxygen atoms in total. The highest BCUT2D eigenvalue weighted by Crippen LogP contribution is 1.90. The Morgan fingerprint density at radius 3 is 2.25 bits per heavy atom. The van der Waals surface area contributed by atoms with Crippen molar-refractivity contribution in [1.82, 2.24) is 0 Å². The van der Waals surface area contributed by atoms with Crippen molar-refractivity contribution in [2.24, 2.45) is 0 Å². The zero-order valence-electron chi connectivity index (χ0n) is 6.88. The zero-order valence-corrected chi connectivity index (χ0v) is 6.88. The Morgan fingerprint density at radius 2 is 1.75 bits per heavy atom. The van der Waals surface area contributed by atoms with E-state index in [0.29, 0.717) is 0 Å². The first-order chi connectivity index (χ1) is 5.70. The summed E-state index contributed by atoms with van der Waals surface area (Å²) < 4.78 is 9.09. The number of rotatable bonds is 5. The van der Waals surface area contributed by atoms with Crippen LogP contribution >= 0.6 is 0 Å². The largest absolute Gasteiger partial charge is 0.466 e. The van der Waals surface area contributed by atoms with E-state index in [1.165, 1.54) is 0 Å². The molecule has 4 heteroatoms. The van der Waals surface area contributed by atoms with Crippen molar-refractivity contribution in [3.05, 3.63) is 13.8 Å². The molecule has 0 spiro atoms. The van der Waals surface area contributed by atoms with Crippen LogP contribution in [-0.2, 0) is 19.1 Å². The maximum Gasteiger partial charge on any atom is 0.309 e. The number of ether oxygens (including phenoxy) is 2. The lowest BCUT2D eigenvalue weighted by molar-refractivity contribution is -0.148. The molecule has 0 aromatic heterocycles. The second-order valence-electron chi connectivity index (χ2n) is 1.94. The van der Waals surface area contributed by atoms with Crippen LogP contribution in [0, 0.1) is 13.8 Å². The second kappa shape index (κ2) is 6.64. The van der Waals surface area contributed by atoms with Crippen molar-refractivity contribution >= 4 is 11.9 Å². The molecule has 0 unspecified atom stereocenters. The molecule has 0 atom stereocenters. The molecule has 12 heavy (non-hydrogen) atoms. The minimum absolute atomic E-state index is 0.0488. The lowest BCUT2D eigenvalue weighted by atomic mass is 10.4. The maximum atomic E-state index is 10.6. The normalized spacial score (nSPS) is 9.17. The predicted octanol–water partition coefficient (Wildman–Crippen LogP) is 0.521. The quantitative estimate of drug-likeness (QED) is 0.567. The third kappa shape index (κ3) is 5.70. The Bertz CT molecular complexity index is 153. The smallest absolute Gasteiger partial charge is 0.309 e. The van der Waals surface area contributed by atoms with E-state index in [0.717, 1.165) is 0 Å². The molecule has 0 saturated carbocycles. The Morgan fingerprint density at radius 1 is 1.08 bits per heavy atom. The van der Waals surface area contributed by atoms with Crippen LogP contribution in [0.3, 0.4) is 0 Å². The van der Waals surface area contributed by atoms with Crippen LogP contribution in [0.5, 0.6) is 0 Å². The van der Waals surface area contributed by atoms with Gasteiger partial charge < -0.3 is 9.47 Å². The fraction of sp³-hybridized carbons (Fsp3) is 0.500. The van der Waals surface area contributed by atoms with Crippen LogP contribution in [-0.4, -0.2) is 25.2 Å². The third-order valence-corrected chi connectivity index (χ3v) is 1.04. The van der Waals surface area contributed by atoms with E-state index < -0.39 is 11.9 Å². The molecule has 0 rings (SSSR count). The Hall–Kier alpha value is -1.06. The lowest BCUT2D eigenvalue weighted by Gasteiger charge is -2.02. The molecule has 68 valence electrons. The zero-order chi connectivity index (χ0) is 9.40. The van der Waals surface area contributed by atoms with Gasteiger partial charge in [0.05, 0.1) is 13.0 Å². The summed E-state index contributed by atoms with van der Waals surface area (Å²) in [4.78, 5) is 21.1. The molecule has 0 aliphatic heterocycles. The summed E-state index contributed by atoms with van der Waals surface area (Å²) in [7, 11) is 0. The van der Waals surface area contributed by atoms with Crippen molar-refractivity contribution in [2.45, 2.75) is 12.8 Å². The molecular formula is C8H12O4. The minimum atomic E-state index is -0.419. The summed E-state index contributed by atoms with van der Waals surface area (Å²) in [6.07, 6.45) is 0.144.